The molecule has 0 aliphatic rings. The quantitative estimate of drug-likeness (QED) is 0.546. The molecule has 4 heteroatoms. The summed E-state index contributed by atoms with van der Waals surface area (Å²) in [5.41, 5.74) is -0.700. The van der Waals surface area contributed by atoms with E-state index in [1.807, 2.05) is 20.8 Å². The molecule has 22 heavy (non-hydrogen) atoms. The van der Waals surface area contributed by atoms with Crippen molar-refractivity contribution < 1.29 is 14.6 Å². The van der Waals surface area contributed by atoms with E-state index in [4.69, 9.17) is 4.74 Å². The molecule has 132 valence electrons. The minimum atomic E-state index is -0.489. The fourth-order valence-electron chi connectivity index (χ4n) is 2.72. The van der Waals surface area contributed by atoms with Gasteiger partial charge in [0.25, 0.3) is 0 Å². The highest BCUT2D eigenvalue weighted by Crippen LogP contribution is 2.30. The predicted molar refractivity (Wildman–Crippen MR) is 92.0 cm³/mol. The second kappa shape index (κ2) is 10.9. The van der Waals surface area contributed by atoms with Crippen LogP contribution in [0.1, 0.15) is 86.0 Å². The Morgan fingerprint density at radius 2 is 1.64 bits per heavy atom. The summed E-state index contributed by atoms with van der Waals surface area (Å²) in [7, 11) is 0. The highest BCUT2D eigenvalue weighted by atomic mass is 16.6. The lowest BCUT2D eigenvalue weighted by Crippen LogP contribution is -2.42. The lowest BCUT2D eigenvalue weighted by atomic mass is 9.79. The number of ether oxygens (including phenoxy) is 1. The van der Waals surface area contributed by atoms with Crippen molar-refractivity contribution in [3.8, 4) is 0 Å². The maximum absolute atomic E-state index is 11.8. The summed E-state index contributed by atoms with van der Waals surface area (Å²) in [4.78, 5) is 11.8. The molecule has 1 unspecified atom stereocenters. The SMILES string of the molecule is CCCCCCCC(CO)(CCC)CNC(=O)OC(C)(C)C. The van der Waals surface area contributed by atoms with Crippen molar-refractivity contribution in [2.75, 3.05) is 13.2 Å². The molecule has 0 aliphatic heterocycles. The van der Waals surface area contributed by atoms with Crippen LogP contribution in [0.5, 0.6) is 0 Å². The molecular formula is C18H37NO3. The van der Waals surface area contributed by atoms with Crippen LogP contribution in [-0.2, 0) is 4.74 Å². The van der Waals surface area contributed by atoms with Crippen LogP contribution >= 0.6 is 0 Å². The maximum Gasteiger partial charge on any atom is 0.407 e. The van der Waals surface area contributed by atoms with E-state index >= 15 is 0 Å². The van der Waals surface area contributed by atoms with Gasteiger partial charge in [-0.15, -0.1) is 0 Å². The van der Waals surface area contributed by atoms with Gasteiger partial charge < -0.3 is 15.2 Å². The van der Waals surface area contributed by atoms with Gasteiger partial charge in [-0.05, 0) is 33.6 Å². The fraction of sp³-hybridized carbons (Fsp3) is 0.944. The molecular weight excluding hydrogens is 278 g/mol. The van der Waals surface area contributed by atoms with Crippen LogP contribution in [-0.4, -0.2) is 30.0 Å². The Bertz CT molecular complexity index is 299. The monoisotopic (exact) mass is 315 g/mol. The van der Waals surface area contributed by atoms with Crippen molar-refractivity contribution in [1.29, 1.82) is 0 Å². The molecule has 0 saturated heterocycles. The minimum absolute atomic E-state index is 0.115. The number of nitrogens with one attached hydrogen (secondary N) is 1. The second-order valence-electron chi connectivity index (χ2n) is 7.43. The summed E-state index contributed by atoms with van der Waals surface area (Å²) in [6.07, 6.45) is 8.56. The minimum Gasteiger partial charge on any atom is -0.444 e. The zero-order chi connectivity index (χ0) is 17.1. The number of rotatable bonds is 11. The van der Waals surface area contributed by atoms with Crippen LogP contribution < -0.4 is 5.32 Å². The van der Waals surface area contributed by atoms with E-state index in [0.717, 1.165) is 25.7 Å². The highest BCUT2D eigenvalue weighted by Gasteiger charge is 2.29. The van der Waals surface area contributed by atoms with Gasteiger partial charge in [0.2, 0.25) is 0 Å². The first-order chi connectivity index (χ1) is 10.3. The van der Waals surface area contributed by atoms with Gasteiger partial charge in [0.1, 0.15) is 5.60 Å². The first-order valence-corrected chi connectivity index (χ1v) is 8.86. The number of aliphatic hydroxyl groups excluding tert-OH is 1. The van der Waals surface area contributed by atoms with Crippen LogP contribution in [0.25, 0.3) is 0 Å². The molecule has 1 atom stereocenters. The Hall–Kier alpha value is -0.770. The molecule has 2 N–H and O–H groups in total. The molecule has 1 amide bonds. The fourth-order valence-corrected chi connectivity index (χ4v) is 2.72. The number of hydrogen-bond acceptors (Lipinski definition) is 3. The number of alkyl carbamates (subject to hydrolysis) is 1. The van der Waals surface area contributed by atoms with Gasteiger partial charge in [-0.2, -0.15) is 0 Å². The lowest BCUT2D eigenvalue weighted by molar-refractivity contribution is 0.0441. The van der Waals surface area contributed by atoms with Crippen molar-refractivity contribution in [2.45, 2.75) is 91.6 Å². The summed E-state index contributed by atoms with van der Waals surface area (Å²) >= 11 is 0. The van der Waals surface area contributed by atoms with E-state index in [-0.39, 0.29) is 12.0 Å². The molecule has 0 aromatic rings. The van der Waals surface area contributed by atoms with Crippen LogP contribution in [0.2, 0.25) is 0 Å². The van der Waals surface area contributed by atoms with Crippen LogP contribution in [0.15, 0.2) is 0 Å². The molecule has 0 bridgehead atoms. The van der Waals surface area contributed by atoms with Crippen molar-refractivity contribution >= 4 is 6.09 Å². The van der Waals surface area contributed by atoms with Gasteiger partial charge in [0.15, 0.2) is 0 Å². The van der Waals surface area contributed by atoms with E-state index < -0.39 is 11.7 Å². The number of aliphatic hydroxyl groups is 1. The Kier molecular flexibility index (Phi) is 10.5. The topological polar surface area (TPSA) is 58.6 Å². The lowest BCUT2D eigenvalue weighted by Gasteiger charge is -2.32. The number of unbranched alkanes of at least 4 members (excludes halogenated alkanes) is 4. The van der Waals surface area contributed by atoms with Crippen molar-refractivity contribution in [2.24, 2.45) is 5.41 Å². The molecule has 0 heterocycles. The number of hydrogen-bond donors (Lipinski definition) is 2. The Morgan fingerprint density at radius 3 is 2.14 bits per heavy atom. The third kappa shape index (κ3) is 10.0. The second-order valence-corrected chi connectivity index (χ2v) is 7.43. The maximum atomic E-state index is 11.8. The van der Waals surface area contributed by atoms with Crippen LogP contribution in [0.3, 0.4) is 0 Å². The van der Waals surface area contributed by atoms with E-state index in [9.17, 15) is 9.90 Å². The molecule has 0 spiro atoms. The Balaban J connectivity index is 4.38. The number of carbonyl (C=O) groups is 1. The summed E-state index contributed by atoms with van der Waals surface area (Å²) in [6, 6.07) is 0. The molecule has 0 fully saturated rings. The van der Waals surface area contributed by atoms with Gasteiger partial charge in [0, 0.05) is 12.0 Å². The van der Waals surface area contributed by atoms with E-state index in [0.29, 0.717) is 6.54 Å². The van der Waals surface area contributed by atoms with Gasteiger partial charge >= 0.3 is 6.09 Å². The largest absolute Gasteiger partial charge is 0.444 e. The molecule has 0 aliphatic carbocycles. The van der Waals surface area contributed by atoms with Crippen LogP contribution in [0.4, 0.5) is 4.79 Å². The average Bonchev–Trinajstić information content (AvgIpc) is 2.42. The number of amides is 1. The third-order valence-corrected chi connectivity index (χ3v) is 3.93. The van der Waals surface area contributed by atoms with Crippen molar-refractivity contribution in [3.05, 3.63) is 0 Å². The van der Waals surface area contributed by atoms with E-state index in [1.165, 1.54) is 25.7 Å². The number of carbonyl (C=O) groups excluding carboxylic acids is 1. The van der Waals surface area contributed by atoms with Gasteiger partial charge in [-0.25, -0.2) is 4.79 Å². The van der Waals surface area contributed by atoms with Gasteiger partial charge in [0.05, 0.1) is 6.61 Å². The molecule has 0 aromatic heterocycles. The summed E-state index contributed by atoms with van der Waals surface area (Å²) in [5, 5.41) is 12.7. The van der Waals surface area contributed by atoms with Crippen LogP contribution in [0, 0.1) is 5.41 Å². The predicted octanol–water partition coefficient (Wildman–Crippen LogP) is 4.65. The van der Waals surface area contributed by atoms with Crippen molar-refractivity contribution in [1.82, 2.24) is 5.32 Å². The molecule has 0 saturated carbocycles. The van der Waals surface area contributed by atoms with E-state index in [1.54, 1.807) is 0 Å². The summed E-state index contributed by atoms with van der Waals surface area (Å²) < 4.78 is 5.28. The summed E-state index contributed by atoms with van der Waals surface area (Å²) in [5.74, 6) is 0. The Morgan fingerprint density at radius 1 is 1.00 bits per heavy atom. The summed E-state index contributed by atoms with van der Waals surface area (Å²) in [6.45, 7) is 10.5. The molecule has 0 rings (SSSR count). The third-order valence-electron chi connectivity index (χ3n) is 3.93. The molecule has 4 nitrogen and oxygen atoms in total. The smallest absolute Gasteiger partial charge is 0.407 e. The normalized spacial score (nSPS) is 14.5. The first kappa shape index (κ1) is 21.2. The van der Waals surface area contributed by atoms with E-state index in [2.05, 4.69) is 19.2 Å². The van der Waals surface area contributed by atoms with Crippen molar-refractivity contribution in [3.63, 3.8) is 0 Å². The standard InChI is InChI=1S/C18H37NO3/c1-6-8-9-10-11-13-18(15-20,12-7-2)14-19-16(21)22-17(3,4)5/h20H,6-15H2,1-5H3,(H,19,21). The average molecular weight is 315 g/mol. The zero-order valence-corrected chi connectivity index (χ0v) is 15.3. The Labute approximate surface area is 137 Å². The molecule has 0 aromatic carbocycles. The van der Waals surface area contributed by atoms with Gasteiger partial charge in [-0.1, -0.05) is 52.4 Å². The highest BCUT2D eigenvalue weighted by molar-refractivity contribution is 5.67. The zero-order valence-electron chi connectivity index (χ0n) is 15.3. The first-order valence-electron chi connectivity index (χ1n) is 8.86. The van der Waals surface area contributed by atoms with Gasteiger partial charge in [-0.3, -0.25) is 0 Å². The molecule has 0 radical (unpaired) electrons.